The Labute approximate surface area is 170 Å². The van der Waals surface area contributed by atoms with Crippen LogP contribution in [0.5, 0.6) is 5.75 Å². The molecule has 29 heavy (non-hydrogen) atoms. The van der Waals surface area contributed by atoms with Crippen LogP contribution >= 0.6 is 0 Å². The van der Waals surface area contributed by atoms with Gasteiger partial charge in [-0.15, -0.1) is 0 Å². The van der Waals surface area contributed by atoms with Crippen LogP contribution < -0.4 is 4.74 Å². The third kappa shape index (κ3) is 4.86. The van der Waals surface area contributed by atoms with Crippen LogP contribution in [0.3, 0.4) is 0 Å². The predicted octanol–water partition coefficient (Wildman–Crippen LogP) is 6.88. The first kappa shape index (κ1) is 20.2. The summed E-state index contributed by atoms with van der Waals surface area (Å²) in [4.78, 5) is 10.7. The predicted molar refractivity (Wildman–Crippen MR) is 119 cm³/mol. The maximum atomic E-state index is 7.82. The lowest BCUT2D eigenvalue weighted by atomic mass is 10.1. The number of benzene rings is 2. The minimum absolute atomic E-state index is 0.657. The Kier molecular flexibility index (Phi) is 7.09. The number of unbranched alkanes of at least 4 members (excludes halogenated alkanes) is 2. The van der Waals surface area contributed by atoms with Crippen LogP contribution in [0.2, 0.25) is 0 Å². The number of pyridine rings is 1. The van der Waals surface area contributed by atoms with Gasteiger partial charge in [-0.2, -0.15) is 0 Å². The third-order valence-electron chi connectivity index (χ3n) is 4.70. The number of fused-ring (bicyclic) bond motifs is 3. The van der Waals surface area contributed by atoms with Crippen LogP contribution in [0.25, 0.3) is 43.5 Å². The zero-order valence-electron chi connectivity index (χ0n) is 16.8. The van der Waals surface area contributed by atoms with Crippen molar-refractivity contribution >= 4 is 21.8 Å². The average molecular weight is 387 g/mol. The second-order valence-electron chi connectivity index (χ2n) is 6.65. The molecule has 148 valence electrons. The largest absolute Gasteiger partial charge is 0.497 e. The summed E-state index contributed by atoms with van der Waals surface area (Å²) < 4.78 is 5.31. The molecule has 4 rings (SSSR count). The van der Waals surface area contributed by atoms with Crippen molar-refractivity contribution < 1.29 is 4.74 Å². The molecule has 0 saturated heterocycles. The van der Waals surface area contributed by atoms with E-state index in [1.807, 2.05) is 30.5 Å². The molecule has 0 unspecified atom stereocenters. The molecule has 0 amide bonds. The van der Waals surface area contributed by atoms with Crippen molar-refractivity contribution in [3.63, 3.8) is 0 Å². The van der Waals surface area contributed by atoms with Gasteiger partial charge in [-0.25, -0.2) is 0 Å². The minimum Gasteiger partial charge on any atom is -0.497 e. The first-order chi connectivity index (χ1) is 14.3. The van der Waals surface area contributed by atoms with Crippen molar-refractivity contribution in [2.24, 2.45) is 5.11 Å². The van der Waals surface area contributed by atoms with Gasteiger partial charge in [-0.3, -0.25) is 4.98 Å². The van der Waals surface area contributed by atoms with Gasteiger partial charge >= 0.3 is 0 Å². The third-order valence-corrected chi connectivity index (χ3v) is 4.70. The molecule has 2 heterocycles. The Morgan fingerprint density at radius 3 is 2.72 bits per heavy atom. The molecule has 0 aliphatic rings. The fourth-order valence-corrected chi connectivity index (χ4v) is 3.24. The molecule has 0 saturated carbocycles. The average Bonchev–Trinajstić information content (AvgIpc) is 3.16. The topological polar surface area (TPSA) is 86.7 Å². The molecule has 0 spiro atoms. The lowest BCUT2D eigenvalue weighted by Gasteiger charge is -2.05. The maximum absolute atomic E-state index is 7.82. The van der Waals surface area contributed by atoms with Gasteiger partial charge in [-0.05, 0) is 36.2 Å². The molecule has 6 heteroatoms. The van der Waals surface area contributed by atoms with E-state index in [2.05, 4.69) is 57.2 Å². The molecule has 0 radical (unpaired) electrons. The van der Waals surface area contributed by atoms with Gasteiger partial charge in [0.2, 0.25) is 0 Å². The van der Waals surface area contributed by atoms with Gasteiger partial charge in [-0.1, -0.05) is 55.2 Å². The molecule has 1 N–H and O–H groups in total. The smallest absolute Gasteiger partial charge is 0.119 e. The number of H-pyrrole nitrogens is 1. The molecular weight excluding hydrogens is 362 g/mol. The summed E-state index contributed by atoms with van der Waals surface area (Å²) in [7, 11) is 1.68. The molecule has 0 bridgehead atoms. The van der Waals surface area contributed by atoms with E-state index in [1.54, 1.807) is 7.11 Å². The summed E-state index contributed by atoms with van der Waals surface area (Å²) in [6.45, 7) is 2.78. The fourth-order valence-electron chi connectivity index (χ4n) is 3.24. The number of azide groups is 1. The van der Waals surface area contributed by atoms with Crippen molar-refractivity contribution in [2.75, 3.05) is 13.7 Å². The maximum Gasteiger partial charge on any atom is 0.119 e. The molecule has 0 aliphatic carbocycles. The molecule has 2 aromatic heterocycles. The number of aromatic amines is 1. The number of hydrogen-bond donors (Lipinski definition) is 1. The monoisotopic (exact) mass is 387 g/mol. The SMILES string of the molecule is CCCCCN=[N+]=[N-].COc1cccc(-c2nccc3c2[nH]c2ccccc23)c1. The van der Waals surface area contributed by atoms with Crippen LogP contribution in [-0.2, 0) is 0 Å². The number of methoxy groups -OCH3 is 1. The van der Waals surface area contributed by atoms with Crippen molar-refractivity contribution in [3.8, 4) is 17.0 Å². The normalized spacial score (nSPS) is 10.3. The van der Waals surface area contributed by atoms with E-state index in [9.17, 15) is 0 Å². The number of aromatic nitrogens is 2. The van der Waals surface area contributed by atoms with Gasteiger partial charge in [0.05, 0.1) is 18.3 Å². The van der Waals surface area contributed by atoms with Crippen molar-refractivity contribution in [1.82, 2.24) is 9.97 Å². The Bertz CT molecular complexity index is 1130. The Hall–Kier alpha value is -3.50. The van der Waals surface area contributed by atoms with Crippen LogP contribution in [0.15, 0.2) is 65.9 Å². The number of nitrogens with zero attached hydrogens (tertiary/aromatic N) is 4. The highest BCUT2D eigenvalue weighted by atomic mass is 16.5. The van der Waals surface area contributed by atoms with Crippen molar-refractivity contribution in [1.29, 1.82) is 0 Å². The second kappa shape index (κ2) is 10.2. The molecular formula is C23H25N5O. The standard InChI is InChI=1S/C18H14N2O.C5H11N3/c1-21-13-6-4-5-12(11-13)17-18-15(9-10-19-17)14-7-2-3-8-16(14)20-18;1-2-3-4-5-7-8-6/h2-11,20H,1H3;2-5H2,1H3. The van der Waals surface area contributed by atoms with E-state index in [1.165, 1.54) is 23.6 Å². The summed E-state index contributed by atoms with van der Waals surface area (Å²) in [5, 5.41) is 5.80. The molecule has 0 atom stereocenters. The number of rotatable bonds is 6. The number of hydrogen-bond acceptors (Lipinski definition) is 3. The Morgan fingerprint density at radius 1 is 1.07 bits per heavy atom. The lowest BCUT2D eigenvalue weighted by Crippen LogP contribution is -1.87. The van der Waals surface area contributed by atoms with E-state index in [0.29, 0.717) is 6.54 Å². The first-order valence-corrected chi connectivity index (χ1v) is 9.79. The molecule has 4 aromatic rings. The van der Waals surface area contributed by atoms with Gasteiger partial charge in [0.25, 0.3) is 0 Å². The molecule has 2 aromatic carbocycles. The quantitative estimate of drug-likeness (QED) is 0.169. The van der Waals surface area contributed by atoms with Gasteiger partial charge in [0.1, 0.15) is 5.75 Å². The summed E-state index contributed by atoms with van der Waals surface area (Å²) >= 11 is 0. The van der Waals surface area contributed by atoms with Crippen molar-refractivity contribution in [3.05, 3.63) is 71.2 Å². The highest BCUT2D eigenvalue weighted by Crippen LogP contribution is 2.32. The Balaban J connectivity index is 0.000000258. The summed E-state index contributed by atoms with van der Waals surface area (Å²) in [5.41, 5.74) is 12.0. The van der Waals surface area contributed by atoms with Crippen LogP contribution in [0, 0.1) is 0 Å². The lowest BCUT2D eigenvalue weighted by molar-refractivity contribution is 0.415. The Morgan fingerprint density at radius 2 is 1.93 bits per heavy atom. The zero-order chi connectivity index (χ0) is 20.5. The van der Waals surface area contributed by atoms with Crippen LogP contribution in [0.4, 0.5) is 0 Å². The number of para-hydroxylation sites is 1. The van der Waals surface area contributed by atoms with Gasteiger partial charge < -0.3 is 9.72 Å². The summed E-state index contributed by atoms with van der Waals surface area (Å²) in [6.07, 6.45) is 5.23. The highest BCUT2D eigenvalue weighted by molar-refractivity contribution is 6.10. The molecule has 0 fully saturated rings. The van der Waals surface area contributed by atoms with Crippen LogP contribution in [-0.4, -0.2) is 23.6 Å². The molecule has 6 nitrogen and oxygen atoms in total. The first-order valence-electron chi connectivity index (χ1n) is 9.79. The number of ether oxygens (including phenoxy) is 1. The summed E-state index contributed by atoms with van der Waals surface area (Å²) in [6, 6.07) is 18.3. The van der Waals surface area contributed by atoms with Gasteiger partial charge in [0.15, 0.2) is 0 Å². The zero-order valence-corrected chi connectivity index (χ0v) is 16.8. The van der Waals surface area contributed by atoms with E-state index in [4.69, 9.17) is 10.3 Å². The number of nitrogens with one attached hydrogen (secondary N) is 1. The van der Waals surface area contributed by atoms with Crippen molar-refractivity contribution in [2.45, 2.75) is 26.2 Å². The van der Waals surface area contributed by atoms with E-state index >= 15 is 0 Å². The minimum atomic E-state index is 0.657. The van der Waals surface area contributed by atoms with E-state index in [-0.39, 0.29) is 0 Å². The molecule has 0 aliphatic heterocycles. The van der Waals surface area contributed by atoms with Gasteiger partial charge in [0, 0.05) is 39.5 Å². The summed E-state index contributed by atoms with van der Waals surface area (Å²) in [5.74, 6) is 0.836. The second-order valence-corrected chi connectivity index (χ2v) is 6.65. The fraction of sp³-hybridized carbons (Fsp3) is 0.261. The van der Waals surface area contributed by atoms with E-state index in [0.717, 1.165) is 34.5 Å². The van der Waals surface area contributed by atoms with E-state index < -0.39 is 0 Å². The highest BCUT2D eigenvalue weighted by Gasteiger charge is 2.10. The van der Waals surface area contributed by atoms with Crippen LogP contribution in [0.1, 0.15) is 26.2 Å².